The third-order valence-electron chi connectivity index (χ3n) is 1.80. The zero-order valence-electron chi connectivity index (χ0n) is 8.12. The first-order valence-corrected chi connectivity index (χ1v) is 6.25. The lowest BCUT2D eigenvalue weighted by Crippen LogP contribution is -2.23. The van der Waals surface area contributed by atoms with Gasteiger partial charge in [-0.1, -0.05) is 0 Å². The molecule has 0 aliphatic rings. The maximum Gasteiger partial charge on any atom is 0.261 e. The summed E-state index contributed by atoms with van der Waals surface area (Å²) in [6.45, 7) is 0.635. The van der Waals surface area contributed by atoms with Crippen molar-refractivity contribution in [3.8, 4) is 6.07 Å². The molecular weight excluding hydrogens is 276 g/mol. The summed E-state index contributed by atoms with van der Waals surface area (Å²) in [4.78, 5) is 12.2. The number of thiophene rings is 1. The molecular formula is C10H11BrN2OS. The zero-order valence-corrected chi connectivity index (χ0v) is 10.5. The minimum atomic E-state index is -0.0392. The van der Waals surface area contributed by atoms with Crippen molar-refractivity contribution in [3.05, 3.63) is 20.8 Å². The third-order valence-corrected chi connectivity index (χ3v) is 3.42. The number of nitrogens with zero attached hydrogens (tertiary/aromatic N) is 1. The molecule has 1 amide bonds. The highest BCUT2D eigenvalue weighted by Gasteiger charge is 2.06. The largest absolute Gasteiger partial charge is 0.351 e. The number of carbonyl (C=O) groups is 1. The van der Waals surface area contributed by atoms with Gasteiger partial charge in [0.1, 0.15) is 0 Å². The summed E-state index contributed by atoms with van der Waals surface area (Å²) < 4.78 is 0.956. The normalized spacial score (nSPS) is 9.60. The van der Waals surface area contributed by atoms with E-state index in [0.29, 0.717) is 17.8 Å². The first-order chi connectivity index (χ1) is 7.24. The molecule has 15 heavy (non-hydrogen) atoms. The lowest BCUT2D eigenvalue weighted by Gasteiger charge is -2.01. The molecule has 3 nitrogen and oxygen atoms in total. The van der Waals surface area contributed by atoms with Gasteiger partial charge in [-0.05, 0) is 40.9 Å². The summed E-state index contributed by atoms with van der Waals surface area (Å²) in [5, 5.41) is 11.1. The molecule has 5 heteroatoms. The number of hydrogen-bond acceptors (Lipinski definition) is 3. The van der Waals surface area contributed by atoms with E-state index in [1.807, 2.05) is 6.07 Å². The van der Waals surface area contributed by atoms with E-state index in [-0.39, 0.29) is 5.91 Å². The minimum absolute atomic E-state index is 0.0392. The van der Waals surface area contributed by atoms with Crippen LogP contribution in [0.4, 0.5) is 0 Å². The van der Waals surface area contributed by atoms with E-state index in [0.717, 1.165) is 16.6 Å². The van der Waals surface area contributed by atoms with Crippen LogP contribution >= 0.6 is 27.3 Å². The fourth-order valence-electron chi connectivity index (χ4n) is 1.05. The molecule has 1 aromatic rings. The van der Waals surface area contributed by atoms with Gasteiger partial charge in [-0.15, -0.1) is 11.3 Å². The van der Waals surface area contributed by atoms with Crippen molar-refractivity contribution in [3.63, 3.8) is 0 Å². The molecule has 1 aromatic heterocycles. The van der Waals surface area contributed by atoms with Crippen LogP contribution < -0.4 is 5.32 Å². The van der Waals surface area contributed by atoms with Gasteiger partial charge in [0, 0.05) is 13.0 Å². The first-order valence-electron chi connectivity index (χ1n) is 4.64. The predicted octanol–water partition coefficient (Wildman–Crippen LogP) is 2.93. The highest BCUT2D eigenvalue weighted by atomic mass is 79.9. The van der Waals surface area contributed by atoms with E-state index in [4.69, 9.17) is 5.26 Å². The molecule has 0 saturated carbocycles. The summed E-state index contributed by atoms with van der Waals surface area (Å²) in [5.74, 6) is -0.0392. The summed E-state index contributed by atoms with van der Waals surface area (Å²) in [5.41, 5.74) is 0. The summed E-state index contributed by atoms with van der Waals surface area (Å²) >= 11 is 4.72. The molecule has 0 aromatic carbocycles. The predicted molar refractivity (Wildman–Crippen MR) is 63.8 cm³/mol. The van der Waals surface area contributed by atoms with Gasteiger partial charge >= 0.3 is 0 Å². The second-order valence-corrected chi connectivity index (χ2v) is 5.44. The maximum absolute atomic E-state index is 11.5. The lowest BCUT2D eigenvalue weighted by atomic mass is 10.2. The van der Waals surface area contributed by atoms with E-state index in [2.05, 4.69) is 27.3 Å². The Hall–Kier alpha value is -0.860. The maximum atomic E-state index is 11.5. The molecule has 1 heterocycles. The zero-order chi connectivity index (χ0) is 11.1. The van der Waals surface area contributed by atoms with Crippen molar-refractivity contribution < 1.29 is 4.79 Å². The van der Waals surface area contributed by atoms with Crippen molar-refractivity contribution in [1.29, 1.82) is 5.26 Å². The number of amides is 1. The van der Waals surface area contributed by atoms with Crippen LogP contribution in [0.3, 0.4) is 0 Å². The van der Waals surface area contributed by atoms with Crippen molar-refractivity contribution >= 4 is 33.2 Å². The van der Waals surface area contributed by atoms with Crippen LogP contribution in [-0.2, 0) is 0 Å². The van der Waals surface area contributed by atoms with Gasteiger partial charge < -0.3 is 5.32 Å². The number of nitriles is 1. The smallest absolute Gasteiger partial charge is 0.261 e. The highest BCUT2D eigenvalue weighted by molar-refractivity contribution is 9.11. The Bertz CT molecular complexity index is 370. The van der Waals surface area contributed by atoms with Gasteiger partial charge in [0.25, 0.3) is 5.91 Å². The molecule has 1 rings (SSSR count). The van der Waals surface area contributed by atoms with Crippen molar-refractivity contribution in [2.24, 2.45) is 0 Å². The second kappa shape index (κ2) is 6.59. The molecule has 0 aliphatic carbocycles. The van der Waals surface area contributed by atoms with Gasteiger partial charge in [-0.3, -0.25) is 4.79 Å². The van der Waals surface area contributed by atoms with E-state index < -0.39 is 0 Å². The minimum Gasteiger partial charge on any atom is -0.351 e. The number of halogens is 1. The van der Waals surface area contributed by atoms with Crippen molar-refractivity contribution in [2.45, 2.75) is 19.3 Å². The Morgan fingerprint density at radius 2 is 2.33 bits per heavy atom. The number of rotatable bonds is 5. The molecule has 80 valence electrons. The fraction of sp³-hybridized carbons (Fsp3) is 0.400. The Morgan fingerprint density at radius 1 is 1.53 bits per heavy atom. The average Bonchev–Trinajstić information content (AvgIpc) is 2.64. The molecule has 0 radical (unpaired) electrons. The number of carbonyl (C=O) groups excluding carboxylic acids is 1. The quantitative estimate of drug-likeness (QED) is 0.846. The third kappa shape index (κ3) is 4.45. The molecule has 0 fully saturated rings. The van der Waals surface area contributed by atoms with Crippen molar-refractivity contribution in [1.82, 2.24) is 5.32 Å². The van der Waals surface area contributed by atoms with Gasteiger partial charge in [0.05, 0.1) is 14.7 Å². The highest BCUT2D eigenvalue weighted by Crippen LogP contribution is 2.21. The van der Waals surface area contributed by atoms with E-state index in [1.54, 1.807) is 6.07 Å². The SMILES string of the molecule is N#CCCCCNC(=O)c1ccc(Br)s1. The van der Waals surface area contributed by atoms with Crippen LogP contribution in [0.2, 0.25) is 0 Å². The van der Waals surface area contributed by atoms with E-state index in [9.17, 15) is 4.79 Å². The summed E-state index contributed by atoms with van der Waals surface area (Å²) in [7, 11) is 0. The lowest BCUT2D eigenvalue weighted by molar-refractivity contribution is 0.0957. The monoisotopic (exact) mass is 286 g/mol. The van der Waals surface area contributed by atoms with Gasteiger partial charge in [0.2, 0.25) is 0 Å². The molecule has 1 N–H and O–H groups in total. The number of hydrogen-bond donors (Lipinski definition) is 1. The van der Waals surface area contributed by atoms with Gasteiger partial charge in [-0.25, -0.2) is 0 Å². The first kappa shape index (κ1) is 12.2. The van der Waals surface area contributed by atoms with E-state index in [1.165, 1.54) is 11.3 Å². The number of nitrogens with one attached hydrogen (secondary N) is 1. The Morgan fingerprint density at radius 3 is 2.93 bits per heavy atom. The van der Waals surface area contributed by atoms with Crippen LogP contribution in [0.1, 0.15) is 28.9 Å². The number of unbranched alkanes of at least 4 members (excludes halogenated alkanes) is 2. The van der Waals surface area contributed by atoms with Crippen LogP contribution in [0.25, 0.3) is 0 Å². The fourth-order valence-corrected chi connectivity index (χ4v) is 2.36. The van der Waals surface area contributed by atoms with Crippen LogP contribution in [-0.4, -0.2) is 12.5 Å². The summed E-state index contributed by atoms with van der Waals surface area (Å²) in [6.07, 6.45) is 2.25. The standard InChI is InChI=1S/C10H11BrN2OS/c11-9-5-4-8(15-9)10(14)13-7-3-1-2-6-12/h4-5H,1-3,7H2,(H,13,14). The molecule has 0 atom stereocenters. The van der Waals surface area contributed by atoms with Crippen LogP contribution in [0.15, 0.2) is 15.9 Å². The summed E-state index contributed by atoms with van der Waals surface area (Å²) in [6, 6.07) is 5.72. The Balaban J connectivity index is 2.23. The van der Waals surface area contributed by atoms with Crippen LogP contribution in [0, 0.1) is 11.3 Å². The molecule has 0 spiro atoms. The molecule has 0 unspecified atom stereocenters. The molecule has 0 aliphatic heterocycles. The topological polar surface area (TPSA) is 52.9 Å². The Labute approximate surface area is 101 Å². The Kier molecular flexibility index (Phi) is 5.37. The second-order valence-electron chi connectivity index (χ2n) is 2.97. The van der Waals surface area contributed by atoms with Gasteiger partial charge in [-0.2, -0.15) is 5.26 Å². The molecule has 0 saturated heterocycles. The van der Waals surface area contributed by atoms with Gasteiger partial charge in [0.15, 0.2) is 0 Å². The average molecular weight is 287 g/mol. The van der Waals surface area contributed by atoms with Crippen LogP contribution in [0.5, 0.6) is 0 Å². The van der Waals surface area contributed by atoms with Crippen molar-refractivity contribution in [2.75, 3.05) is 6.54 Å². The van der Waals surface area contributed by atoms with E-state index >= 15 is 0 Å². The molecule has 0 bridgehead atoms.